The van der Waals surface area contributed by atoms with Gasteiger partial charge in [0.2, 0.25) is 0 Å². The lowest BCUT2D eigenvalue weighted by Crippen LogP contribution is -1.82. The average molecular weight is 234 g/mol. The third-order valence-corrected chi connectivity index (χ3v) is 2.29. The van der Waals surface area contributed by atoms with Crippen LogP contribution in [0.4, 0.5) is 0 Å². The Balaban J connectivity index is 2.15. The zero-order valence-corrected chi connectivity index (χ0v) is 9.61. The van der Waals surface area contributed by atoms with Crippen LogP contribution in [0.3, 0.4) is 0 Å². The lowest BCUT2D eigenvalue weighted by atomic mass is 10.1. The summed E-state index contributed by atoms with van der Waals surface area (Å²) in [7, 11) is 0. The average Bonchev–Trinajstić information content (AvgIpc) is 2.45. The predicted molar refractivity (Wildman–Crippen MR) is 70.6 cm³/mol. The number of aromatic nitrogens is 1. The summed E-state index contributed by atoms with van der Waals surface area (Å²) >= 11 is 0. The van der Waals surface area contributed by atoms with Crippen molar-refractivity contribution < 1.29 is 0 Å². The van der Waals surface area contributed by atoms with E-state index in [0.717, 1.165) is 16.8 Å². The van der Waals surface area contributed by atoms with E-state index in [1.54, 1.807) is 6.20 Å². The highest BCUT2D eigenvalue weighted by molar-refractivity contribution is 5.60. The summed E-state index contributed by atoms with van der Waals surface area (Å²) in [5, 5.41) is 3.35. The van der Waals surface area contributed by atoms with E-state index < -0.39 is 0 Å². The number of benzene rings is 1. The summed E-state index contributed by atoms with van der Waals surface area (Å²) in [6, 6.07) is 13.6. The number of rotatable bonds is 2. The molecular formula is C14H10N4. The van der Waals surface area contributed by atoms with Gasteiger partial charge in [-0.05, 0) is 29.8 Å². The highest BCUT2D eigenvalue weighted by Gasteiger charge is 1.96. The molecule has 4 nitrogen and oxygen atoms in total. The Morgan fingerprint density at radius 2 is 2.00 bits per heavy atom. The van der Waals surface area contributed by atoms with Gasteiger partial charge in [-0.1, -0.05) is 35.2 Å². The molecule has 0 N–H and O–H groups in total. The molecular weight excluding hydrogens is 224 g/mol. The Morgan fingerprint density at radius 1 is 1.17 bits per heavy atom. The van der Waals surface area contributed by atoms with Crippen LogP contribution in [0.5, 0.6) is 0 Å². The summed E-state index contributed by atoms with van der Waals surface area (Å²) in [5.74, 6) is 5.70. The van der Waals surface area contributed by atoms with Crippen molar-refractivity contribution in [3.63, 3.8) is 0 Å². The molecule has 1 heterocycles. The maximum Gasteiger partial charge on any atom is 0.0880 e. The largest absolute Gasteiger partial charge is 0.256 e. The molecule has 0 saturated heterocycles. The monoisotopic (exact) mass is 234 g/mol. The van der Waals surface area contributed by atoms with Crippen molar-refractivity contribution in [2.24, 2.45) is 5.11 Å². The van der Waals surface area contributed by atoms with E-state index in [9.17, 15) is 0 Å². The molecule has 0 atom stereocenters. The molecule has 4 heteroatoms. The molecule has 0 fully saturated rings. The van der Waals surface area contributed by atoms with Crippen LogP contribution in [0.25, 0.3) is 21.7 Å². The molecule has 0 amide bonds. The third-order valence-electron chi connectivity index (χ3n) is 2.29. The van der Waals surface area contributed by atoms with Crippen molar-refractivity contribution in [3.05, 3.63) is 64.7 Å². The third kappa shape index (κ3) is 3.11. The molecule has 0 unspecified atom stereocenters. The smallest absolute Gasteiger partial charge is 0.0880 e. The first-order valence-corrected chi connectivity index (χ1v) is 5.41. The van der Waals surface area contributed by atoms with Crippen LogP contribution < -0.4 is 0 Å². The van der Waals surface area contributed by atoms with Gasteiger partial charge >= 0.3 is 0 Å². The molecule has 1 aromatic heterocycles. The predicted octanol–water partition coefficient (Wildman–Crippen LogP) is 3.41. The fourth-order valence-corrected chi connectivity index (χ4v) is 1.47. The normalized spacial score (nSPS) is 8.89. The van der Waals surface area contributed by atoms with Crippen molar-refractivity contribution in [1.82, 2.24) is 4.98 Å². The van der Waals surface area contributed by atoms with Gasteiger partial charge in [-0.15, -0.1) is 0 Å². The van der Waals surface area contributed by atoms with Crippen LogP contribution in [-0.4, -0.2) is 11.5 Å². The number of azide groups is 1. The summed E-state index contributed by atoms with van der Waals surface area (Å²) < 4.78 is 0. The standard InChI is InChI=1S/C14H10N4/c15-18-17-11-3-4-12-6-8-13(9-7-12)14-5-1-2-10-16-14/h1-2,5-10H,11H2. The van der Waals surface area contributed by atoms with E-state index in [1.807, 2.05) is 42.5 Å². The van der Waals surface area contributed by atoms with Crippen molar-refractivity contribution in [2.75, 3.05) is 6.54 Å². The van der Waals surface area contributed by atoms with E-state index in [-0.39, 0.29) is 6.54 Å². The van der Waals surface area contributed by atoms with Gasteiger partial charge in [0.1, 0.15) is 0 Å². The maximum atomic E-state index is 8.11. The second kappa shape index (κ2) is 6.09. The topological polar surface area (TPSA) is 61.7 Å². The number of hydrogen-bond acceptors (Lipinski definition) is 2. The summed E-state index contributed by atoms with van der Waals surface area (Å²) in [6.07, 6.45) is 1.77. The minimum absolute atomic E-state index is 0.193. The highest BCUT2D eigenvalue weighted by atomic mass is 15.1. The fourth-order valence-electron chi connectivity index (χ4n) is 1.47. The molecule has 0 aliphatic heterocycles. The number of nitrogens with zero attached hydrogens (tertiary/aromatic N) is 4. The van der Waals surface area contributed by atoms with Gasteiger partial charge in [0, 0.05) is 22.2 Å². The van der Waals surface area contributed by atoms with E-state index in [2.05, 4.69) is 26.9 Å². The van der Waals surface area contributed by atoms with E-state index in [1.165, 1.54) is 0 Å². The van der Waals surface area contributed by atoms with E-state index >= 15 is 0 Å². The lowest BCUT2D eigenvalue weighted by Gasteiger charge is -1.99. The minimum Gasteiger partial charge on any atom is -0.256 e. The van der Waals surface area contributed by atoms with Gasteiger partial charge in [0.05, 0.1) is 12.2 Å². The molecule has 0 aliphatic rings. The number of hydrogen-bond donors (Lipinski definition) is 0. The Morgan fingerprint density at radius 3 is 2.67 bits per heavy atom. The van der Waals surface area contributed by atoms with E-state index in [4.69, 9.17) is 5.53 Å². The van der Waals surface area contributed by atoms with E-state index in [0.29, 0.717) is 0 Å². The van der Waals surface area contributed by atoms with Gasteiger partial charge in [-0.2, -0.15) is 0 Å². The first kappa shape index (κ1) is 11.7. The Bertz CT molecular complexity index is 614. The van der Waals surface area contributed by atoms with Crippen LogP contribution in [0.15, 0.2) is 53.8 Å². The van der Waals surface area contributed by atoms with Crippen LogP contribution in [-0.2, 0) is 0 Å². The Kier molecular flexibility index (Phi) is 3.97. The van der Waals surface area contributed by atoms with Crippen LogP contribution >= 0.6 is 0 Å². The lowest BCUT2D eigenvalue weighted by molar-refractivity contribution is 1.25. The molecule has 0 aliphatic carbocycles. The fraction of sp³-hybridized carbons (Fsp3) is 0.0714. The minimum atomic E-state index is 0.193. The second-order valence-electron chi connectivity index (χ2n) is 3.48. The molecule has 1 aromatic carbocycles. The molecule has 0 radical (unpaired) electrons. The molecule has 0 saturated carbocycles. The molecule has 18 heavy (non-hydrogen) atoms. The van der Waals surface area contributed by atoms with Gasteiger partial charge < -0.3 is 0 Å². The first-order valence-electron chi connectivity index (χ1n) is 5.41. The Hall–Kier alpha value is -2.76. The maximum absolute atomic E-state index is 8.11. The molecule has 0 bridgehead atoms. The van der Waals surface area contributed by atoms with Crippen LogP contribution in [0.2, 0.25) is 0 Å². The molecule has 2 rings (SSSR count). The second-order valence-corrected chi connectivity index (χ2v) is 3.48. The van der Waals surface area contributed by atoms with Gasteiger partial charge in [-0.3, -0.25) is 4.98 Å². The summed E-state index contributed by atoms with van der Waals surface area (Å²) in [5.41, 5.74) is 11.0. The van der Waals surface area contributed by atoms with Crippen molar-refractivity contribution in [1.29, 1.82) is 0 Å². The molecule has 2 aromatic rings. The van der Waals surface area contributed by atoms with Crippen LogP contribution in [0, 0.1) is 11.8 Å². The van der Waals surface area contributed by atoms with Gasteiger partial charge in [-0.25, -0.2) is 0 Å². The van der Waals surface area contributed by atoms with Crippen molar-refractivity contribution in [2.45, 2.75) is 0 Å². The SMILES string of the molecule is [N-]=[N+]=NCC#Cc1ccc(-c2ccccn2)cc1. The zero-order valence-electron chi connectivity index (χ0n) is 9.61. The van der Waals surface area contributed by atoms with Gasteiger partial charge in [0.25, 0.3) is 0 Å². The zero-order chi connectivity index (χ0) is 12.6. The molecule has 86 valence electrons. The van der Waals surface area contributed by atoms with Crippen molar-refractivity contribution in [3.8, 4) is 23.1 Å². The molecule has 0 spiro atoms. The summed E-state index contributed by atoms with van der Waals surface area (Å²) in [6.45, 7) is 0.193. The highest BCUT2D eigenvalue weighted by Crippen LogP contribution is 2.16. The first-order chi connectivity index (χ1) is 8.90. The van der Waals surface area contributed by atoms with Crippen LogP contribution in [0.1, 0.15) is 5.56 Å². The quantitative estimate of drug-likeness (QED) is 0.340. The van der Waals surface area contributed by atoms with Gasteiger partial charge in [0.15, 0.2) is 0 Å². The Labute approximate surface area is 105 Å². The summed E-state index contributed by atoms with van der Waals surface area (Å²) in [4.78, 5) is 6.91. The number of pyridine rings is 1. The van der Waals surface area contributed by atoms with Crippen molar-refractivity contribution >= 4 is 0 Å².